The molecule has 0 fully saturated rings. The van der Waals surface area contributed by atoms with Gasteiger partial charge in [-0.2, -0.15) is 5.10 Å². The van der Waals surface area contributed by atoms with Crippen molar-refractivity contribution in [2.24, 2.45) is 7.05 Å². The molecule has 0 radical (unpaired) electrons. The second-order valence-corrected chi connectivity index (χ2v) is 7.08. The van der Waals surface area contributed by atoms with Gasteiger partial charge in [-0.05, 0) is 26.3 Å². The molecular formula is C19H26N6O4. The van der Waals surface area contributed by atoms with Crippen LogP contribution in [0.25, 0.3) is 11.2 Å². The van der Waals surface area contributed by atoms with Crippen LogP contribution in [0.2, 0.25) is 0 Å². The number of carbonyl (C=O) groups is 1. The highest BCUT2D eigenvalue weighted by Gasteiger charge is 2.17. The van der Waals surface area contributed by atoms with Gasteiger partial charge in [-0.25, -0.2) is 9.78 Å². The summed E-state index contributed by atoms with van der Waals surface area (Å²) in [5.41, 5.74) is 1.49. The second-order valence-electron chi connectivity index (χ2n) is 7.08. The van der Waals surface area contributed by atoms with Crippen LogP contribution in [0.3, 0.4) is 0 Å². The van der Waals surface area contributed by atoms with E-state index in [1.54, 1.807) is 16.3 Å². The Morgan fingerprint density at radius 2 is 2.00 bits per heavy atom. The molecule has 1 N–H and O–H groups in total. The van der Waals surface area contributed by atoms with Gasteiger partial charge < -0.3 is 9.30 Å². The summed E-state index contributed by atoms with van der Waals surface area (Å²) < 4.78 is 10.1. The summed E-state index contributed by atoms with van der Waals surface area (Å²) in [6, 6.07) is 1.94. The lowest BCUT2D eigenvalue weighted by Gasteiger charge is -2.06. The number of hydrogen-bond acceptors (Lipinski definition) is 6. The lowest BCUT2D eigenvalue weighted by atomic mass is 10.3. The number of nitrogens with zero attached hydrogens (tertiary/aromatic N) is 5. The van der Waals surface area contributed by atoms with E-state index in [-0.39, 0.29) is 24.5 Å². The van der Waals surface area contributed by atoms with Crippen molar-refractivity contribution in [3.63, 3.8) is 0 Å². The smallest absolute Gasteiger partial charge is 0.330 e. The lowest BCUT2D eigenvalue weighted by Crippen LogP contribution is -2.31. The van der Waals surface area contributed by atoms with Crippen LogP contribution in [0, 0.1) is 13.8 Å². The number of aromatic amines is 1. The number of hydrogen-bond donors (Lipinski definition) is 1. The fourth-order valence-electron chi connectivity index (χ4n) is 3.26. The summed E-state index contributed by atoms with van der Waals surface area (Å²) in [6.07, 6.45) is 1.86. The molecule has 10 heteroatoms. The van der Waals surface area contributed by atoms with E-state index < -0.39 is 11.2 Å². The maximum Gasteiger partial charge on any atom is 0.330 e. The Labute approximate surface area is 167 Å². The van der Waals surface area contributed by atoms with Gasteiger partial charge in [-0.1, -0.05) is 13.3 Å². The Hall–Kier alpha value is -3.17. The fourth-order valence-corrected chi connectivity index (χ4v) is 3.26. The third kappa shape index (κ3) is 4.30. The molecule has 0 saturated carbocycles. The molecule has 3 aromatic rings. The third-order valence-electron chi connectivity index (χ3n) is 4.83. The van der Waals surface area contributed by atoms with E-state index >= 15 is 0 Å². The molecule has 0 saturated heterocycles. The molecule has 0 amide bonds. The summed E-state index contributed by atoms with van der Waals surface area (Å²) in [6.45, 7) is 6.65. The number of nitrogens with one attached hydrogen (secondary N) is 1. The molecule has 10 nitrogen and oxygen atoms in total. The summed E-state index contributed by atoms with van der Waals surface area (Å²) in [7, 11) is 1.66. The first-order valence-electron chi connectivity index (χ1n) is 9.67. The Kier molecular flexibility index (Phi) is 6.00. The van der Waals surface area contributed by atoms with E-state index in [4.69, 9.17) is 4.74 Å². The first kappa shape index (κ1) is 20.6. The molecule has 0 unspecified atom stereocenters. The molecule has 0 spiro atoms. The van der Waals surface area contributed by atoms with E-state index in [2.05, 4.69) is 15.1 Å². The number of unbranched alkanes of at least 4 members (excludes halogenated alkanes) is 1. The highest BCUT2D eigenvalue weighted by Crippen LogP contribution is 2.12. The molecule has 0 bridgehead atoms. The number of rotatable bonds is 8. The minimum absolute atomic E-state index is 0.0808. The van der Waals surface area contributed by atoms with E-state index in [0.717, 1.165) is 24.2 Å². The number of ether oxygens (including phenoxy) is 1. The number of aryl methyl sites for hydroxylation is 5. The third-order valence-corrected chi connectivity index (χ3v) is 4.83. The Balaban J connectivity index is 1.74. The minimum atomic E-state index is -0.505. The molecule has 0 aliphatic heterocycles. The Bertz CT molecular complexity index is 1150. The number of imidazole rings is 1. The van der Waals surface area contributed by atoms with Crippen LogP contribution in [0.1, 0.15) is 43.4 Å². The molecule has 29 heavy (non-hydrogen) atoms. The SMILES string of the molecule is CCCCn1c(=O)[nH]c(=O)c2c1nc(COC(=O)CCn1nc(C)cc1C)n2C. The van der Waals surface area contributed by atoms with Gasteiger partial charge in [-0.3, -0.25) is 23.8 Å². The number of aromatic nitrogens is 6. The maximum absolute atomic E-state index is 12.2. The molecule has 0 aliphatic rings. The molecule has 0 aliphatic carbocycles. The first-order valence-corrected chi connectivity index (χ1v) is 9.67. The molecule has 0 atom stereocenters. The van der Waals surface area contributed by atoms with Gasteiger partial charge in [0.15, 0.2) is 11.2 Å². The van der Waals surface area contributed by atoms with Crippen LogP contribution in [0.15, 0.2) is 15.7 Å². The van der Waals surface area contributed by atoms with Crippen LogP contribution in [0.5, 0.6) is 0 Å². The van der Waals surface area contributed by atoms with Gasteiger partial charge in [0.25, 0.3) is 5.56 Å². The highest BCUT2D eigenvalue weighted by atomic mass is 16.5. The van der Waals surface area contributed by atoms with Gasteiger partial charge >= 0.3 is 11.7 Å². The standard InChI is InChI=1S/C19H26N6O4/c1-5-6-8-24-17-16(18(27)21-19(24)28)23(4)14(20-17)11-29-15(26)7-9-25-13(3)10-12(2)22-25/h10H,5-9,11H2,1-4H3,(H,21,27,28). The minimum Gasteiger partial charge on any atom is -0.457 e. The number of carbonyl (C=O) groups excluding carboxylic acids is 1. The Morgan fingerprint density at radius 1 is 1.24 bits per heavy atom. The normalized spacial score (nSPS) is 11.3. The summed E-state index contributed by atoms with van der Waals surface area (Å²) in [5, 5.41) is 4.32. The van der Waals surface area contributed by atoms with Gasteiger partial charge in [0.05, 0.1) is 18.7 Å². The zero-order chi connectivity index (χ0) is 21.1. The molecular weight excluding hydrogens is 376 g/mol. The maximum atomic E-state index is 12.2. The molecule has 3 rings (SSSR count). The summed E-state index contributed by atoms with van der Waals surface area (Å²) in [4.78, 5) is 43.3. The van der Waals surface area contributed by atoms with Gasteiger partial charge in [0.2, 0.25) is 0 Å². The van der Waals surface area contributed by atoms with Crippen molar-refractivity contribution in [2.75, 3.05) is 0 Å². The quantitative estimate of drug-likeness (QED) is 0.565. The summed E-state index contributed by atoms with van der Waals surface area (Å²) >= 11 is 0. The molecule has 156 valence electrons. The van der Waals surface area contributed by atoms with Crippen LogP contribution in [-0.2, 0) is 36.3 Å². The van der Waals surface area contributed by atoms with E-state index in [1.165, 1.54) is 4.57 Å². The monoisotopic (exact) mass is 402 g/mol. The topological polar surface area (TPSA) is 117 Å². The average Bonchev–Trinajstić information content (AvgIpc) is 3.16. The van der Waals surface area contributed by atoms with Crippen molar-refractivity contribution in [3.8, 4) is 0 Å². The van der Waals surface area contributed by atoms with Crippen molar-refractivity contribution in [1.82, 2.24) is 28.9 Å². The van der Waals surface area contributed by atoms with Crippen molar-refractivity contribution in [3.05, 3.63) is 44.1 Å². The van der Waals surface area contributed by atoms with Gasteiger partial charge in [0.1, 0.15) is 12.4 Å². The van der Waals surface area contributed by atoms with Gasteiger partial charge in [0, 0.05) is 19.3 Å². The zero-order valence-corrected chi connectivity index (χ0v) is 17.2. The van der Waals surface area contributed by atoms with Crippen molar-refractivity contribution >= 4 is 17.1 Å². The van der Waals surface area contributed by atoms with E-state index in [0.29, 0.717) is 24.6 Å². The fraction of sp³-hybridized carbons (Fsp3) is 0.526. The van der Waals surface area contributed by atoms with Crippen LogP contribution >= 0.6 is 0 Å². The van der Waals surface area contributed by atoms with Gasteiger partial charge in [-0.15, -0.1) is 0 Å². The van der Waals surface area contributed by atoms with Crippen molar-refractivity contribution < 1.29 is 9.53 Å². The number of esters is 1. The van der Waals surface area contributed by atoms with Crippen LogP contribution < -0.4 is 11.2 Å². The highest BCUT2D eigenvalue weighted by molar-refractivity contribution is 5.71. The molecule has 3 heterocycles. The van der Waals surface area contributed by atoms with Crippen LogP contribution in [0.4, 0.5) is 0 Å². The molecule has 3 aromatic heterocycles. The van der Waals surface area contributed by atoms with E-state index in [1.807, 2.05) is 26.8 Å². The second kappa shape index (κ2) is 8.46. The molecule has 0 aromatic carbocycles. The Morgan fingerprint density at radius 3 is 2.66 bits per heavy atom. The summed E-state index contributed by atoms with van der Waals surface area (Å²) in [5.74, 6) is 0.0164. The lowest BCUT2D eigenvalue weighted by molar-refractivity contribution is -0.145. The van der Waals surface area contributed by atoms with Crippen LogP contribution in [-0.4, -0.2) is 34.9 Å². The zero-order valence-electron chi connectivity index (χ0n) is 17.2. The predicted molar refractivity (Wildman–Crippen MR) is 107 cm³/mol. The van der Waals surface area contributed by atoms with E-state index in [9.17, 15) is 14.4 Å². The first-order chi connectivity index (χ1) is 13.8. The number of fused-ring (bicyclic) bond motifs is 1. The van der Waals surface area contributed by atoms with Crippen molar-refractivity contribution in [1.29, 1.82) is 0 Å². The average molecular weight is 402 g/mol. The predicted octanol–water partition coefficient (Wildman–Crippen LogP) is 1.17. The van der Waals surface area contributed by atoms with Crippen molar-refractivity contribution in [2.45, 2.75) is 59.7 Å². The number of H-pyrrole nitrogens is 1. The largest absolute Gasteiger partial charge is 0.457 e.